The smallest absolute Gasteiger partial charge is 0.318 e. The number of benzene rings is 2. The first-order chi connectivity index (χ1) is 12.2. The molecule has 0 aliphatic carbocycles. The van der Waals surface area contributed by atoms with Gasteiger partial charge in [0.1, 0.15) is 11.4 Å². The monoisotopic (exact) mass is 359 g/mol. The minimum Gasteiger partial charge on any atom is -0.506 e. The largest absolute Gasteiger partial charge is 0.506 e. The number of nitro groups is 2. The van der Waals surface area contributed by atoms with Crippen LogP contribution < -0.4 is 0 Å². The van der Waals surface area contributed by atoms with Gasteiger partial charge in [-0.15, -0.1) is 0 Å². The van der Waals surface area contributed by atoms with Crippen LogP contribution in [0.3, 0.4) is 0 Å². The molecular formula is C17H17N3O6. The second-order valence-electron chi connectivity index (χ2n) is 5.73. The molecule has 0 fully saturated rings. The summed E-state index contributed by atoms with van der Waals surface area (Å²) < 4.78 is 0. The van der Waals surface area contributed by atoms with Crippen molar-refractivity contribution in [2.45, 2.75) is 26.2 Å². The van der Waals surface area contributed by atoms with Gasteiger partial charge in [0.15, 0.2) is 0 Å². The van der Waals surface area contributed by atoms with E-state index < -0.39 is 27.0 Å². The van der Waals surface area contributed by atoms with Crippen molar-refractivity contribution in [2.75, 3.05) is 0 Å². The predicted molar refractivity (Wildman–Crippen MR) is 95.5 cm³/mol. The molecule has 0 aliphatic heterocycles. The van der Waals surface area contributed by atoms with Crippen LogP contribution in [0.2, 0.25) is 0 Å². The van der Waals surface area contributed by atoms with Crippen molar-refractivity contribution in [1.29, 1.82) is 0 Å². The standard InChI is InChI=1S/C17H17N3O6/c1-3-10(2)11-4-5-16(21)14(7-11)18-9-12-6-13(19(23)24)8-15(17(12)22)20(25)26/h4-10,21-22H,3H2,1-2H3/t10-/m0/s1. The highest BCUT2D eigenvalue weighted by molar-refractivity contribution is 5.89. The van der Waals surface area contributed by atoms with Crippen LogP contribution in [0.4, 0.5) is 17.1 Å². The van der Waals surface area contributed by atoms with E-state index in [1.165, 1.54) is 6.07 Å². The van der Waals surface area contributed by atoms with Gasteiger partial charge in [-0.1, -0.05) is 19.9 Å². The third kappa shape index (κ3) is 3.94. The molecular weight excluding hydrogens is 342 g/mol. The van der Waals surface area contributed by atoms with Crippen molar-refractivity contribution in [2.24, 2.45) is 4.99 Å². The van der Waals surface area contributed by atoms with Crippen LogP contribution in [0.1, 0.15) is 37.3 Å². The van der Waals surface area contributed by atoms with E-state index in [0.29, 0.717) is 6.07 Å². The van der Waals surface area contributed by atoms with E-state index in [4.69, 9.17) is 0 Å². The number of aromatic hydroxyl groups is 2. The lowest BCUT2D eigenvalue weighted by atomic mass is 9.98. The molecule has 136 valence electrons. The van der Waals surface area contributed by atoms with Gasteiger partial charge in [0, 0.05) is 17.8 Å². The first kappa shape index (κ1) is 18.8. The molecule has 0 spiro atoms. The molecule has 26 heavy (non-hydrogen) atoms. The van der Waals surface area contributed by atoms with Crippen LogP contribution in [0.15, 0.2) is 35.3 Å². The van der Waals surface area contributed by atoms with Gasteiger partial charge >= 0.3 is 5.69 Å². The number of hydrogen-bond acceptors (Lipinski definition) is 7. The summed E-state index contributed by atoms with van der Waals surface area (Å²) in [6.07, 6.45) is 1.93. The van der Waals surface area contributed by atoms with Gasteiger partial charge in [-0.3, -0.25) is 25.2 Å². The fourth-order valence-corrected chi connectivity index (χ4v) is 2.29. The van der Waals surface area contributed by atoms with Crippen LogP contribution in [-0.4, -0.2) is 26.3 Å². The van der Waals surface area contributed by atoms with Gasteiger partial charge in [-0.05, 0) is 30.0 Å². The second-order valence-corrected chi connectivity index (χ2v) is 5.73. The summed E-state index contributed by atoms with van der Waals surface area (Å²) in [6.45, 7) is 4.02. The summed E-state index contributed by atoms with van der Waals surface area (Å²) in [4.78, 5) is 24.2. The van der Waals surface area contributed by atoms with Gasteiger partial charge in [0.2, 0.25) is 5.75 Å². The van der Waals surface area contributed by atoms with Gasteiger partial charge in [-0.25, -0.2) is 0 Å². The molecule has 0 aromatic heterocycles. The summed E-state index contributed by atoms with van der Waals surface area (Å²) in [5.74, 6) is -0.619. The van der Waals surface area contributed by atoms with Crippen LogP contribution in [-0.2, 0) is 0 Å². The van der Waals surface area contributed by atoms with Crippen LogP contribution in [0, 0.1) is 20.2 Å². The zero-order valence-corrected chi connectivity index (χ0v) is 14.1. The van der Waals surface area contributed by atoms with E-state index in [0.717, 1.165) is 24.3 Å². The quantitative estimate of drug-likeness (QED) is 0.450. The summed E-state index contributed by atoms with van der Waals surface area (Å²) in [5.41, 5.74) is -0.408. The molecule has 0 heterocycles. The van der Waals surface area contributed by atoms with E-state index >= 15 is 0 Å². The number of rotatable bonds is 6. The molecule has 0 amide bonds. The number of nitro benzene ring substituents is 2. The van der Waals surface area contributed by atoms with Gasteiger partial charge < -0.3 is 10.2 Å². The predicted octanol–water partition coefficient (Wildman–Crippen LogP) is 4.18. The lowest BCUT2D eigenvalue weighted by Gasteiger charge is -2.10. The number of non-ortho nitro benzene ring substituents is 1. The second kappa shape index (κ2) is 7.60. The topological polar surface area (TPSA) is 139 Å². The zero-order valence-electron chi connectivity index (χ0n) is 14.1. The summed E-state index contributed by atoms with van der Waals surface area (Å²) in [7, 11) is 0. The Morgan fingerprint density at radius 3 is 2.42 bits per heavy atom. The molecule has 0 saturated carbocycles. The first-order valence-electron chi connectivity index (χ1n) is 7.77. The molecule has 2 aromatic carbocycles. The lowest BCUT2D eigenvalue weighted by molar-refractivity contribution is -0.394. The average Bonchev–Trinajstić information content (AvgIpc) is 2.60. The molecule has 9 heteroatoms. The summed E-state index contributed by atoms with van der Waals surface area (Å²) >= 11 is 0. The molecule has 2 rings (SSSR count). The molecule has 0 radical (unpaired) electrons. The van der Waals surface area contributed by atoms with E-state index in [1.54, 1.807) is 12.1 Å². The van der Waals surface area contributed by atoms with Crippen molar-refractivity contribution in [1.82, 2.24) is 0 Å². The minimum absolute atomic E-state index is 0.118. The Labute approximate surface area is 148 Å². The number of phenols is 2. The van der Waals surface area contributed by atoms with Crippen molar-refractivity contribution in [3.63, 3.8) is 0 Å². The van der Waals surface area contributed by atoms with Gasteiger partial charge in [0.25, 0.3) is 5.69 Å². The fraction of sp³-hybridized carbons (Fsp3) is 0.235. The molecule has 0 bridgehead atoms. The van der Waals surface area contributed by atoms with Crippen LogP contribution in [0.25, 0.3) is 0 Å². The number of aliphatic imine (C=N–C) groups is 1. The Kier molecular flexibility index (Phi) is 5.51. The lowest BCUT2D eigenvalue weighted by Crippen LogP contribution is -1.96. The summed E-state index contributed by atoms with van der Waals surface area (Å²) in [5, 5.41) is 41.8. The molecule has 9 nitrogen and oxygen atoms in total. The Morgan fingerprint density at radius 2 is 1.85 bits per heavy atom. The molecule has 0 unspecified atom stereocenters. The van der Waals surface area contributed by atoms with Gasteiger partial charge in [-0.2, -0.15) is 0 Å². The van der Waals surface area contributed by atoms with Crippen molar-refractivity contribution in [3.8, 4) is 11.5 Å². The molecule has 2 aromatic rings. The van der Waals surface area contributed by atoms with E-state index in [1.807, 2.05) is 13.8 Å². The van der Waals surface area contributed by atoms with E-state index in [-0.39, 0.29) is 22.9 Å². The highest BCUT2D eigenvalue weighted by Gasteiger charge is 2.23. The highest BCUT2D eigenvalue weighted by Crippen LogP contribution is 2.35. The fourth-order valence-electron chi connectivity index (χ4n) is 2.29. The molecule has 0 saturated heterocycles. The number of hydrogen-bond donors (Lipinski definition) is 2. The van der Waals surface area contributed by atoms with E-state index in [2.05, 4.69) is 4.99 Å². The average molecular weight is 359 g/mol. The van der Waals surface area contributed by atoms with Gasteiger partial charge in [0.05, 0.1) is 15.9 Å². The minimum atomic E-state index is -0.916. The Morgan fingerprint density at radius 1 is 1.15 bits per heavy atom. The Balaban J connectivity index is 2.51. The maximum Gasteiger partial charge on any atom is 0.318 e. The molecule has 1 atom stereocenters. The third-order valence-electron chi connectivity index (χ3n) is 4.04. The maximum absolute atomic E-state index is 11.0. The Bertz CT molecular complexity index is 894. The number of phenolic OH excluding ortho intramolecular Hbond substituents is 2. The maximum atomic E-state index is 11.0. The summed E-state index contributed by atoms with van der Waals surface area (Å²) in [6, 6.07) is 6.54. The Hall–Kier alpha value is -3.49. The van der Waals surface area contributed by atoms with Crippen molar-refractivity contribution >= 4 is 23.3 Å². The highest BCUT2D eigenvalue weighted by atomic mass is 16.6. The zero-order chi connectivity index (χ0) is 19.4. The molecule has 0 aliphatic rings. The molecule has 2 N–H and O–H groups in total. The first-order valence-corrected chi connectivity index (χ1v) is 7.77. The van der Waals surface area contributed by atoms with Crippen molar-refractivity contribution in [3.05, 3.63) is 61.7 Å². The van der Waals surface area contributed by atoms with Crippen molar-refractivity contribution < 1.29 is 20.1 Å². The SMILES string of the molecule is CC[C@H](C)c1ccc(O)c(N=Cc2cc([N+](=O)[O-])cc([N+](=O)[O-])c2O)c1. The van der Waals surface area contributed by atoms with Crippen LogP contribution in [0.5, 0.6) is 11.5 Å². The van der Waals surface area contributed by atoms with E-state index in [9.17, 15) is 30.4 Å². The normalized spacial score (nSPS) is 12.2. The third-order valence-corrected chi connectivity index (χ3v) is 4.04. The number of nitrogens with zero attached hydrogens (tertiary/aromatic N) is 3. The van der Waals surface area contributed by atoms with Crippen LogP contribution >= 0.6 is 0 Å².